The van der Waals surface area contributed by atoms with E-state index < -0.39 is 0 Å². The largest absolute Gasteiger partial charge is 0.497 e. The topological polar surface area (TPSA) is 61.3 Å². The summed E-state index contributed by atoms with van der Waals surface area (Å²) < 4.78 is 11.4. The molecule has 0 bridgehead atoms. The van der Waals surface area contributed by atoms with Crippen LogP contribution in [0.1, 0.15) is 10.4 Å². The average Bonchev–Trinajstić information content (AvgIpc) is 3.08. The number of methoxy groups -OCH3 is 2. The lowest BCUT2D eigenvalue weighted by atomic mass is 10.1. The van der Waals surface area contributed by atoms with Crippen molar-refractivity contribution in [2.24, 2.45) is 0 Å². The molecule has 2 aromatic heterocycles. The van der Waals surface area contributed by atoms with Crippen LogP contribution in [0.5, 0.6) is 11.5 Å². The van der Waals surface area contributed by atoms with Gasteiger partial charge in [-0.1, -0.05) is 11.8 Å². The summed E-state index contributed by atoms with van der Waals surface area (Å²) in [5.74, 6) is 1.44. The Morgan fingerprint density at radius 1 is 1.22 bits per heavy atom. The van der Waals surface area contributed by atoms with Gasteiger partial charge in [0.2, 0.25) is 0 Å². The number of ketones is 1. The minimum atomic E-state index is -0.0159. The van der Waals surface area contributed by atoms with Crippen LogP contribution in [0.15, 0.2) is 41.0 Å². The third-order valence-electron chi connectivity index (χ3n) is 3.26. The number of nitrogens with zero attached hydrogens (tertiary/aromatic N) is 2. The first kappa shape index (κ1) is 15.8. The molecule has 0 amide bonds. The molecule has 0 atom stereocenters. The Kier molecular flexibility index (Phi) is 4.78. The molecule has 3 rings (SSSR count). The predicted octanol–water partition coefficient (Wildman–Crippen LogP) is 3.68. The Morgan fingerprint density at radius 3 is 2.87 bits per heavy atom. The molecule has 23 heavy (non-hydrogen) atoms. The lowest BCUT2D eigenvalue weighted by molar-refractivity contribution is 0.101. The molecule has 0 spiro atoms. The molecule has 0 N–H and O–H groups in total. The monoisotopic (exact) mass is 346 g/mol. The van der Waals surface area contributed by atoms with Crippen LogP contribution in [0.25, 0.3) is 10.2 Å². The van der Waals surface area contributed by atoms with E-state index in [1.54, 1.807) is 36.6 Å². The number of benzene rings is 1. The molecule has 3 aromatic rings. The van der Waals surface area contributed by atoms with Crippen LogP contribution >= 0.6 is 23.1 Å². The molecule has 118 valence electrons. The summed E-state index contributed by atoms with van der Waals surface area (Å²) in [6.07, 6.45) is 1.52. The Hall–Kier alpha value is -2.12. The zero-order chi connectivity index (χ0) is 16.2. The lowest BCUT2D eigenvalue weighted by Gasteiger charge is -2.09. The SMILES string of the molecule is COc1ccc(C(=O)CSc2ncnc3ccsc23)c(OC)c1. The van der Waals surface area contributed by atoms with Crippen molar-refractivity contribution in [2.75, 3.05) is 20.0 Å². The van der Waals surface area contributed by atoms with Gasteiger partial charge >= 0.3 is 0 Å². The second-order valence-corrected chi connectivity index (χ2v) is 6.47. The first-order chi connectivity index (χ1) is 11.2. The normalized spacial score (nSPS) is 10.7. The van der Waals surface area contributed by atoms with Gasteiger partial charge in [-0.15, -0.1) is 11.3 Å². The molecule has 0 saturated heterocycles. The van der Waals surface area contributed by atoms with E-state index in [-0.39, 0.29) is 11.5 Å². The molecule has 1 aromatic carbocycles. The summed E-state index contributed by atoms with van der Waals surface area (Å²) in [5, 5.41) is 2.79. The van der Waals surface area contributed by atoms with Crippen molar-refractivity contribution in [1.29, 1.82) is 0 Å². The highest BCUT2D eigenvalue weighted by Gasteiger charge is 2.15. The van der Waals surface area contributed by atoms with Crippen molar-refractivity contribution >= 4 is 39.1 Å². The van der Waals surface area contributed by atoms with Gasteiger partial charge in [0, 0.05) is 6.07 Å². The van der Waals surface area contributed by atoms with Crippen LogP contribution in [-0.2, 0) is 0 Å². The number of carbonyl (C=O) groups excluding carboxylic acids is 1. The zero-order valence-electron chi connectivity index (χ0n) is 12.6. The van der Waals surface area contributed by atoms with Gasteiger partial charge < -0.3 is 9.47 Å². The third kappa shape index (κ3) is 3.30. The second kappa shape index (κ2) is 6.97. The maximum atomic E-state index is 12.5. The molecule has 0 fully saturated rings. The van der Waals surface area contributed by atoms with Crippen molar-refractivity contribution in [3.63, 3.8) is 0 Å². The van der Waals surface area contributed by atoms with Crippen molar-refractivity contribution in [3.05, 3.63) is 41.5 Å². The molecule has 7 heteroatoms. The van der Waals surface area contributed by atoms with E-state index in [4.69, 9.17) is 9.47 Å². The van der Waals surface area contributed by atoms with Gasteiger partial charge in [-0.3, -0.25) is 4.79 Å². The summed E-state index contributed by atoms with van der Waals surface area (Å²) in [5.41, 5.74) is 1.44. The van der Waals surface area contributed by atoms with Gasteiger partial charge in [0.05, 0.1) is 35.8 Å². The minimum Gasteiger partial charge on any atom is -0.497 e. The smallest absolute Gasteiger partial charge is 0.176 e. The highest BCUT2D eigenvalue weighted by molar-refractivity contribution is 8.00. The highest BCUT2D eigenvalue weighted by atomic mass is 32.2. The van der Waals surface area contributed by atoms with Crippen molar-refractivity contribution < 1.29 is 14.3 Å². The van der Waals surface area contributed by atoms with Gasteiger partial charge in [-0.2, -0.15) is 0 Å². The Bertz CT molecular complexity index is 848. The summed E-state index contributed by atoms with van der Waals surface area (Å²) in [6, 6.07) is 7.13. The predicted molar refractivity (Wildman–Crippen MR) is 92.0 cm³/mol. The minimum absolute atomic E-state index is 0.0159. The molecular formula is C16H14N2O3S2. The number of fused-ring (bicyclic) bond motifs is 1. The summed E-state index contributed by atoms with van der Waals surface area (Å²) in [6.45, 7) is 0. The molecule has 0 aliphatic heterocycles. The Labute approximate surface area is 141 Å². The van der Waals surface area contributed by atoms with Crippen LogP contribution in [0, 0.1) is 0 Å². The lowest BCUT2D eigenvalue weighted by Crippen LogP contribution is -2.05. The van der Waals surface area contributed by atoms with E-state index in [9.17, 15) is 4.79 Å². The summed E-state index contributed by atoms with van der Waals surface area (Å²) in [7, 11) is 3.12. The molecule has 0 aliphatic carbocycles. The molecule has 0 radical (unpaired) electrons. The van der Waals surface area contributed by atoms with Gasteiger partial charge in [0.15, 0.2) is 5.78 Å². The summed E-state index contributed by atoms with van der Waals surface area (Å²) >= 11 is 2.99. The fourth-order valence-corrected chi connectivity index (χ4v) is 3.94. The number of thioether (sulfide) groups is 1. The van der Waals surface area contributed by atoms with Crippen LogP contribution < -0.4 is 9.47 Å². The fraction of sp³-hybridized carbons (Fsp3) is 0.188. The van der Waals surface area contributed by atoms with E-state index >= 15 is 0 Å². The molecule has 5 nitrogen and oxygen atoms in total. The van der Waals surface area contributed by atoms with E-state index in [1.165, 1.54) is 25.2 Å². The van der Waals surface area contributed by atoms with Crippen LogP contribution in [0.3, 0.4) is 0 Å². The molecular weight excluding hydrogens is 332 g/mol. The number of thiophene rings is 1. The number of Topliss-reactive ketones (excluding diaryl/α,β-unsaturated/α-hetero) is 1. The fourth-order valence-electron chi connectivity index (χ4n) is 2.11. The first-order valence-electron chi connectivity index (χ1n) is 6.79. The van der Waals surface area contributed by atoms with Crippen molar-refractivity contribution in [3.8, 4) is 11.5 Å². The Balaban J connectivity index is 1.78. The number of carbonyl (C=O) groups is 1. The number of ether oxygens (including phenoxy) is 2. The summed E-state index contributed by atoms with van der Waals surface area (Å²) in [4.78, 5) is 21.0. The third-order valence-corrected chi connectivity index (χ3v) is 5.29. The van der Waals surface area contributed by atoms with Crippen LogP contribution in [0.4, 0.5) is 0 Å². The second-order valence-electron chi connectivity index (χ2n) is 4.59. The Morgan fingerprint density at radius 2 is 2.09 bits per heavy atom. The molecule has 2 heterocycles. The number of hydrogen-bond acceptors (Lipinski definition) is 7. The van der Waals surface area contributed by atoms with Gasteiger partial charge in [0.1, 0.15) is 22.9 Å². The number of aromatic nitrogens is 2. The maximum absolute atomic E-state index is 12.5. The van der Waals surface area contributed by atoms with Crippen molar-refractivity contribution in [1.82, 2.24) is 9.97 Å². The van der Waals surface area contributed by atoms with Gasteiger partial charge in [-0.05, 0) is 23.6 Å². The zero-order valence-corrected chi connectivity index (χ0v) is 14.2. The van der Waals surface area contributed by atoms with Gasteiger partial charge in [0.25, 0.3) is 0 Å². The standard InChI is InChI=1S/C16H14N2O3S2/c1-20-10-3-4-11(14(7-10)21-2)13(19)8-23-16-15-12(5-6-22-15)17-9-18-16/h3-7,9H,8H2,1-2H3. The number of hydrogen-bond donors (Lipinski definition) is 0. The van der Waals surface area contributed by atoms with E-state index in [0.717, 1.165) is 15.2 Å². The first-order valence-corrected chi connectivity index (χ1v) is 8.65. The highest BCUT2D eigenvalue weighted by Crippen LogP contribution is 2.31. The van der Waals surface area contributed by atoms with Crippen molar-refractivity contribution in [2.45, 2.75) is 5.03 Å². The molecule has 0 aliphatic rings. The maximum Gasteiger partial charge on any atom is 0.176 e. The molecule has 0 unspecified atom stereocenters. The quantitative estimate of drug-likeness (QED) is 0.385. The van der Waals surface area contributed by atoms with E-state index in [1.807, 2.05) is 11.4 Å². The van der Waals surface area contributed by atoms with E-state index in [2.05, 4.69) is 9.97 Å². The van der Waals surface area contributed by atoms with E-state index in [0.29, 0.717) is 17.1 Å². The van der Waals surface area contributed by atoms with Crippen LogP contribution in [0.2, 0.25) is 0 Å². The number of rotatable bonds is 6. The van der Waals surface area contributed by atoms with Gasteiger partial charge in [-0.25, -0.2) is 9.97 Å². The average molecular weight is 346 g/mol. The van der Waals surface area contributed by atoms with Crippen LogP contribution in [-0.4, -0.2) is 35.7 Å². The molecule has 0 saturated carbocycles.